The predicted molar refractivity (Wildman–Crippen MR) is 69.4 cm³/mol. The first kappa shape index (κ1) is 14.9. The zero-order valence-electron chi connectivity index (χ0n) is 8.57. The van der Waals surface area contributed by atoms with Crippen molar-refractivity contribution < 1.29 is 4.79 Å². The lowest BCUT2D eigenvalue weighted by Crippen LogP contribution is -2.39. The zero-order chi connectivity index (χ0) is 10.7. The second-order valence-corrected chi connectivity index (χ2v) is 5.13. The lowest BCUT2D eigenvalue weighted by Gasteiger charge is -2.18. The number of nitrogens with zero attached hydrogens (tertiary/aromatic N) is 1. The predicted octanol–water partition coefficient (Wildman–Crippen LogP) is 2.24. The minimum atomic E-state index is -0.427. The SMILES string of the molecule is C[C@H](N)C(=O)N(C)Cc1cc(Br)cs1.Cl. The molecule has 0 saturated heterocycles. The van der Waals surface area contributed by atoms with Crippen molar-refractivity contribution in [3.05, 3.63) is 20.8 Å². The molecule has 1 heterocycles. The van der Waals surface area contributed by atoms with Gasteiger partial charge in [0.2, 0.25) is 5.91 Å². The Bertz CT molecular complexity index is 330. The van der Waals surface area contributed by atoms with Gasteiger partial charge in [-0.2, -0.15) is 0 Å². The molecule has 0 saturated carbocycles. The van der Waals surface area contributed by atoms with Gasteiger partial charge in [0.1, 0.15) is 0 Å². The molecule has 86 valence electrons. The first-order valence-corrected chi connectivity index (χ1v) is 5.91. The van der Waals surface area contributed by atoms with E-state index in [0.29, 0.717) is 6.54 Å². The fourth-order valence-electron chi connectivity index (χ4n) is 1.10. The molecule has 0 aliphatic heterocycles. The van der Waals surface area contributed by atoms with E-state index in [4.69, 9.17) is 5.73 Å². The van der Waals surface area contributed by atoms with Gasteiger partial charge < -0.3 is 10.6 Å². The van der Waals surface area contributed by atoms with Crippen molar-refractivity contribution in [2.75, 3.05) is 7.05 Å². The Morgan fingerprint density at radius 1 is 1.73 bits per heavy atom. The molecule has 1 aromatic rings. The van der Waals surface area contributed by atoms with Crippen molar-refractivity contribution in [1.29, 1.82) is 0 Å². The van der Waals surface area contributed by atoms with Gasteiger partial charge in [0.05, 0.1) is 12.6 Å². The Morgan fingerprint density at radius 3 is 2.73 bits per heavy atom. The van der Waals surface area contributed by atoms with Crippen LogP contribution in [-0.4, -0.2) is 23.9 Å². The normalized spacial score (nSPS) is 11.7. The molecule has 15 heavy (non-hydrogen) atoms. The maximum Gasteiger partial charge on any atom is 0.239 e. The van der Waals surface area contributed by atoms with E-state index in [2.05, 4.69) is 15.9 Å². The van der Waals surface area contributed by atoms with Gasteiger partial charge in [-0.05, 0) is 28.9 Å². The zero-order valence-corrected chi connectivity index (χ0v) is 11.8. The van der Waals surface area contributed by atoms with Crippen LogP contribution in [0.3, 0.4) is 0 Å². The van der Waals surface area contributed by atoms with Gasteiger partial charge in [0.15, 0.2) is 0 Å². The number of halogens is 2. The molecule has 3 nitrogen and oxygen atoms in total. The lowest BCUT2D eigenvalue weighted by molar-refractivity contribution is -0.131. The Hall–Kier alpha value is -0.100. The van der Waals surface area contributed by atoms with Crippen LogP contribution in [0.15, 0.2) is 15.9 Å². The summed E-state index contributed by atoms with van der Waals surface area (Å²) in [5.74, 6) is -0.0328. The highest BCUT2D eigenvalue weighted by molar-refractivity contribution is 9.10. The number of carbonyl (C=O) groups excluding carboxylic acids is 1. The van der Waals surface area contributed by atoms with E-state index in [0.717, 1.165) is 9.35 Å². The van der Waals surface area contributed by atoms with E-state index < -0.39 is 6.04 Å². The minimum Gasteiger partial charge on any atom is -0.339 e. The van der Waals surface area contributed by atoms with Crippen LogP contribution in [0.1, 0.15) is 11.8 Å². The van der Waals surface area contributed by atoms with Crippen molar-refractivity contribution in [1.82, 2.24) is 4.90 Å². The summed E-state index contributed by atoms with van der Waals surface area (Å²) in [5.41, 5.74) is 5.50. The monoisotopic (exact) mass is 312 g/mol. The van der Waals surface area contributed by atoms with E-state index >= 15 is 0 Å². The molecule has 0 spiro atoms. The van der Waals surface area contributed by atoms with E-state index in [1.165, 1.54) is 0 Å². The number of amides is 1. The van der Waals surface area contributed by atoms with Crippen LogP contribution in [0.4, 0.5) is 0 Å². The summed E-state index contributed by atoms with van der Waals surface area (Å²) in [7, 11) is 1.76. The highest BCUT2D eigenvalue weighted by atomic mass is 79.9. The van der Waals surface area contributed by atoms with Crippen LogP contribution in [0.25, 0.3) is 0 Å². The summed E-state index contributed by atoms with van der Waals surface area (Å²) >= 11 is 5.00. The second kappa shape index (κ2) is 6.48. The Labute approximate surface area is 108 Å². The molecule has 0 radical (unpaired) electrons. The highest BCUT2D eigenvalue weighted by Crippen LogP contribution is 2.20. The van der Waals surface area contributed by atoms with Crippen molar-refractivity contribution >= 4 is 45.6 Å². The third kappa shape index (κ3) is 4.51. The van der Waals surface area contributed by atoms with Crippen molar-refractivity contribution in [3.8, 4) is 0 Å². The molecular formula is C9H14BrClN2OS. The van der Waals surface area contributed by atoms with Gasteiger partial charge >= 0.3 is 0 Å². The summed E-state index contributed by atoms with van der Waals surface area (Å²) in [6, 6.07) is 1.58. The third-order valence-corrected chi connectivity index (χ3v) is 3.46. The van der Waals surface area contributed by atoms with Crippen LogP contribution in [0.5, 0.6) is 0 Å². The second-order valence-electron chi connectivity index (χ2n) is 3.21. The van der Waals surface area contributed by atoms with Crippen molar-refractivity contribution in [2.45, 2.75) is 19.5 Å². The average Bonchev–Trinajstić information content (AvgIpc) is 2.49. The molecule has 0 aromatic carbocycles. The number of hydrogen-bond donors (Lipinski definition) is 1. The van der Waals surface area contributed by atoms with Gasteiger partial charge in [-0.25, -0.2) is 0 Å². The number of rotatable bonds is 3. The maximum atomic E-state index is 11.4. The van der Waals surface area contributed by atoms with Crippen LogP contribution < -0.4 is 5.73 Å². The van der Waals surface area contributed by atoms with Gasteiger partial charge in [-0.15, -0.1) is 23.7 Å². The summed E-state index contributed by atoms with van der Waals surface area (Å²) in [4.78, 5) is 14.2. The third-order valence-electron chi connectivity index (χ3n) is 1.78. The van der Waals surface area contributed by atoms with Crippen LogP contribution in [0, 0.1) is 0 Å². The molecule has 6 heteroatoms. The largest absolute Gasteiger partial charge is 0.339 e. The van der Waals surface area contributed by atoms with E-state index in [-0.39, 0.29) is 18.3 Å². The molecule has 1 atom stereocenters. The molecule has 1 aromatic heterocycles. The van der Waals surface area contributed by atoms with Crippen molar-refractivity contribution in [3.63, 3.8) is 0 Å². The van der Waals surface area contributed by atoms with Crippen LogP contribution >= 0.6 is 39.7 Å². The first-order valence-electron chi connectivity index (χ1n) is 4.24. The van der Waals surface area contributed by atoms with E-state index in [1.54, 1.807) is 30.2 Å². The summed E-state index contributed by atoms with van der Waals surface area (Å²) in [6.07, 6.45) is 0. The molecule has 1 amide bonds. The smallest absolute Gasteiger partial charge is 0.239 e. The summed E-state index contributed by atoms with van der Waals surface area (Å²) < 4.78 is 1.05. The standard InChI is InChI=1S/C9H13BrN2OS.ClH/c1-6(11)9(13)12(2)4-8-3-7(10)5-14-8;/h3,5-6H,4,11H2,1-2H3;1H/t6-;/m0./s1. The molecule has 0 fully saturated rings. The molecule has 0 aliphatic carbocycles. The molecule has 2 N–H and O–H groups in total. The van der Waals surface area contributed by atoms with Crippen LogP contribution in [-0.2, 0) is 11.3 Å². The molecule has 0 bridgehead atoms. The summed E-state index contributed by atoms with van der Waals surface area (Å²) in [5, 5.41) is 2.00. The number of carbonyl (C=O) groups is 1. The quantitative estimate of drug-likeness (QED) is 0.930. The fourth-order valence-corrected chi connectivity index (χ4v) is 2.60. The highest BCUT2D eigenvalue weighted by Gasteiger charge is 2.13. The Morgan fingerprint density at radius 2 is 2.33 bits per heavy atom. The van der Waals surface area contributed by atoms with Crippen LogP contribution in [0.2, 0.25) is 0 Å². The Balaban J connectivity index is 0.00000196. The van der Waals surface area contributed by atoms with E-state index in [1.807, 2.05) is 11.4 Å². The number of thiophene rings is 1. The molecule has 1 rings (SSSR count). The van der Waals surface area contributed by atoms with Crippen molar-refractivity contribution in [2.24, 2.45) is 5.73 Å². The first-order chi connectivity index (χ1) is 6.50. The summed E-state index contributed by atoms with van der Waals surface area (Å²) in [6.45, 7) is 2.32. The topological polar surface area (TPSA) is 46.3 Å². The minimum absolute atomic E-state index is 0. The van der Waals surface area contributed by atoms with E-state index in [9.17, 15) is 4.79 Å². The van der Waals surface area contributed by atoms with Gasteiger partial charge in [-0.1, -0.05) is 0 Å². The number of hydrogen-bond acceptors (Lipinski definition) is 3. The van der Waals surface area contributed by atoms with Gasteiger partial charge in [-0.3, -0.25) is 4.79 Å². The van der Waals surface area contributed by atoms with Gasteiger partial charge in [0.25, 0.3) is 0 Å². The van der Waals surface area contributed by atoms with Gasteiger partial charge in [0, 0.05) is 21.8 Å². The number of likely N-dealkylation sites (N-methyl/N-ethyl adjacent to an activating group) is 1. The average molecular weight is 314 g/mol. The maximum absolute atomic E-state index is 11.4. The number of nitrogens with two attached hydrogens (primary N) is 1. The Kier molecular flexibility index (Phi) is 6.43. The lowest BCUT2D eigenvalue weighted by atomic mass is 10.3. The molecule has 0 unspecified atom stereocenters. The molecular weight excluding hydrogens is 300 g/mol. The molecule has 0 aliphatic rings. The fraction of sp³-hybridized carbons (Fsp3) is 0.444.